The molecule has 368 valence electrons. The van der Waals surface area contributed by atoms with Gasteiger partial charge in [-0.2, -0.15) is 17.6 Å². The summed E-state index contributed by atoms with van der Waals surface area (Å²) in [6.07, 6.45) is -5.99. The maximum Gasteiger partial charge on any atom is 0.324 e. The summed E-state index contributed by atoms with van der Waals surface area (Å²) in [7, 11) is 3.17. The summed E-state index contributed by atoms with van der Waals surface area (Å²) >= 11 is 0. The number of Topliss-reactive ketones (excluding diaryl/α,β-unsaturated/α-hetero) is 1. The Bertz CT molecular complexity index is 2430. The number of anilines is 2. The van der Waals surface area contributed by atoms with E-state index < -0.39 is 37.0 Å². The van der Waals surface area contributed by atoms with Gasteiger partial charge in [0.05, 0.1) is 33.9 Å². The number of hydrogen-bond donors (Lipinski definition) is 1. The third kappa shape index (κ3) is 14.0. The number of nitrogens with one attached hydrogen (secondary N) is 1. The predicted octanol–water partition coefficient (Wildman–Crippen LogP) is 7.47. The number of ether oxygens (including phenoxy) is 2. The quantitative estimate of drug-likeness (QED) is 0.0773. The fourth-order valence-electron chi connectivity index (χ4n) is 7.62. The average Bonchev–Trinajstić information content (AvgIpc) is 3.90. The lowest BCUT2D eigenvalue weighted by Crippen LogP contribution is -2.52. The van der Waals surface area contributed by atoms with Crippen LogP contribution in [0.3, 0.4) is 0 Å². The number of nitrogens with zero attached hydrogens (tertiary/aromatic N) is 8. The summed E-state index contributed by atoms with van der Waals surface area (Å²) in [5.41, 5.74) is 3.93. The molecular weight excluding hydrogens is 903 g/mol. The summed E-state index contributed by atoms with van der Waals surface area (Å²) in [5, 5.41) is 8.95. The van der Waals surface area contributed by atoms with E-state index in [1.807, 2.05) is 63.6 Å². The Balaban J connectivity index is 0.000000227. The average molecular weight is 960 g/mol. The van der Waals surface area contributed by atoms with Crippen molar-refractivity contribution in [3.05, 3.63) is 120 Å². The zero-order valence-electron chi connectivity index (χ0n) is 39.0. The molecule has 0 spiro atoms. The molecule has 0 bridgehead atoms. The van der Waals surface area contributed by atoms with Crippen LogP contribution in [0.5, 0.6) is 11.5 Å². The number of aromatic nitrogens is 2. The number of urea groups is 2. The monoisotopic (exact) mass is 959 g/mol. The van der Waals surface area contributed by atoms with Crippen molar-refractivity contribution < 1.29 is 50.6 Å². The Labute approximate surface area is 398 Å². The lowest BCUT2D eigenvalue weighted by Gasteiger charge is -2.37. The van der Waals surface area contributed by atoms with Crippen LogP contribution in [0, 0.1) is 0 Å². The van der Waals surface area contributed by atoms with E-state index in [2.05, 4.69) is 33.8 Å². The first-order chi connectivity index (χ1) is 33.3. The Kier molecular flexibility index (Phi) is 18.5. The highest BCUT2D eigenvalue weighted by Gasteiger charge is 2.28. The van der Waals surface area contributed by atoms with Gasteiger partial charge < -0.3 is 38.8 Å². The lowest BCUT2D eigenvalue weighted by molar-refractivity contribution is -0.131. The molecule has 2 aliphatic rings. The van der Waals surface area contributed by atoms with Crippen molar-refractivity contribution in [3.8, 4) is 23.0 Å². The molecule has 5 amide bonds. The van der Waals surface area contributed by atoms with E-state index in [0.29, 0.717) is 55.5 Å². The van der Waals surface area contributed by atoms with Crippen LogP contribution in [0.2, 0.25) is 0 Å². The first-order valence-electron chi connectivity index (χ1n) is 22.5. The lowest BCUT2D eigenvalue weighted by atomic mass is 10.1. The van der Waals surface area contributed by atoms with Crippen LogP contribution in [0.1, 0.15) is 47.6 Å². The van der Waals surface area contributed by atoms with Gasteiger partial charge in [-0.05, 0) is 84.9 Å². The molecule has 0 aliphatic carbocycles. The number of halogens is 4. The predicted molar refractivity (Wildman–Crippen MR) is 251 cm³/mol. The summed E-state index contributed by atoms with van der Waals surface area (Å²) in [6, 6.07) is 28.0. The first kappa shape index (κ1) is 51.3. The van der Waals surface area contributed by atoms with Gasteiger partial charge in [-0.25, -0.2) is 9.59 Å². The van der Waals surface area contributed by atoms with Gasteiger partial charge in [0.1, 0.15) is 11.5 Å². The minimum Gasteiger partial charge on any atom is -0.497 e. The molecule has 1 N–H and O–H groups in total. The van der Waals surface area contributed by atoms with Crippen molar-refractivity contribution in [1.82, 2.24) is 35.1 Å². The zero-order valence-corrected chi connectivity index (χ0v) is 39.0. The number of hydrogen-bond acceptors (Lipinski definition) is 11. The number of piperazine rings is 2. The molecule has 20 heteroatoms. The molecule has 0 radical (unpaired) electrons. The second kappa shape index (κ2) is 24.8. The molecule has 16 nitrogen and oxygen atoms in total. The number of benzene rings is 4. The van der Waals surface area contributed by atoms with Gasteiger partial charge in [-0.15, -0.1) is 10.2 Å². The normalized spacial score (nSPS) is 14.2. The third-order valence-corrected chi connectivity index (χ3v) is 11.8. The zero-order chi connectivity index (χ0) is 49.5. The van der Waals surface area contributed by atoms with Crippen LogP contribution >= 0.6 is 0 Å². The molecule has 2 aliphatic heterocycles. The largest absolute Gasteiger partial charge is 0.497 e. The minimum atomic E-state index is -3.17. The van der Waals surface area contributed by atoms with Crippen LogP contribution in [-0.4, -0.2) is 146 Å². The first-order valence-corrected chi connectivity index (χ1v) is 22.5. The fraction of sp³-hybridized carbons (Fsp3) is 0.388. The molecule has 2 saturated heterocycles. The Morgan fingerprint density at radius 1 is 0.623 bits per heavy atom. The van der Waals surface area contributed by atoms with Gasteiger partial charge in [0.25, 0.3) is 11.8 Å². The van der Waals surface area contributed by atoms with Crippen LogP contribution in [0.25, 0.3) is 11.5 Å². The minimum absolute atomic E-state index is 0.0266. The third-order valence-electron chi connectivity index (χ3n) is 11.8. The second-order valence-corrected chi connectivity index (χ2v) is 16.1. The van der Waals surface area contributed by atoms with Crippen molar-refractivity contribution >= 4 is 35.1 Å². The molecular formula is C49H57F4N9O7. The molecule has 1 aromatic heterocycles. The Morgan fingerprint density at radius 3 is 1.43 bits per heavy atom. The van der Waals surface area contributed by atoms with Crippen molar-refractivity contribution in [2.24, 2.45) is 0 Å². The number of likely N-dealkylation sites (N-methyl/N-ethyl adjacent to an activating group) is 2. The Morgan fingerprint density at radius 2 is 1.06 bits per heavy atom. The highest BCUT2D eigenvalue weighted by Crippen LogP contribution is 2.27. The van der Waals surface area contributed by atoms with Gasteiger partial charge in [-0.3, -0.25) is 19.4 Å². The van der Waals surface area contributed by atoms with E-state index in [9.17, 15) is 36.7 Å². The highest BCUT2D eigenvalue weighted by atomic mass is 19.3. The smallest absolute Gasteiger partial charge is 0.324 e. The number of carbonyl (C=O) groups is 4. The molecule has 0 unspecified atom stereocenters. The fourth-order valence-corrected chi connectivity index (χ4v) is 7.62. The molecule has 3 heterocycles. The second-order valence-electron chi connectivity index (χ2n) is 16.1. The standard InChI is InChI=1S/C25H30F2N4O4.C24H27F2N5O3/c1-3-29-12-14-30(15-13-29)25(34)31(20-8-10-21(35-2)11-9-20)17-18-4-6-19(7-5-18)22(32)16-28-24(33)23(26)27;1-3-29-12-14-30(15-13-29)24(32)31(19-8-10-20(33-2)11-9-19)16-17-4-6-18(7-5-17)22-27-28-23(34-22)21(25)26/h4-11,23H,3,12-17H2,1-2H3,(H,28,33);4-11,21H,3,12-16H2,1-2H3. The molecule has 0 saturated carbocycles. The van der Waals surface area contributed by atoms with Gasteiger partial charge in [0.15, 0.2) is 5.78 Å². The van der Waals surface area contributed by atoms with E-state index in [-0.39, 0.29) is 30.1 Å². The number of ketones is 1. The van der Waals surface area contributed by atoms with Gasteiger partial charge in [0, 0.05) is 74.9 Å². The van der Waals surface area contributed by atoms with Crippen molar-refractivity contribution in [3.63, 3.8) is 0 Å². The molecule has 2 fully saturated rings. The number of alkyl halides is 4. The van der Waals surface area contributed by atoms with E-state index in [1.54, 1.807) is 72.6 Å². The van der Waals surface area contributed by atoms with E-state index in [0.717, 1.165) is 56.1 Å². The van der Waals surface area contributed by atoms with Gasteiger partial charge >= 0.3 is 24.9 Å². The van der Waals surface area contributed by atoms with Crippen LogP contribution in [0.15, 0.2) is 101 Å². The van der Waals surface area contributed by atoms with Gasteiger partial charge in [-0.1, -0.05) is 50.2 Å². The maximum atomic E-state index is 13.5. The van der Waals surface area contributed by atoms with Gasteiger partial charge in [0.2, 0.25) is 5.89 Å². The topological polar surface area (TPSA) is 157 Å². The van der Waals surface area contributed by atoms with Crippen LogP contribution < -0.4 is 24.6 Å². The number of methoxy groups -OCH3 is 2. The maximum absolute atomic E-state index is 13.5. The number of rotatable bonds is 16. The highest BCUT2D eigenvalue weighted by molar-refractivity contribution is 5.99. The number of amides is 5. The van der Waals surface area contributed by atoms with Crippen molar-refractivity contribution in [1.29, 1.82) is 0 Å². The van der Waals surface area contributed by atoms with E-state index >= 15 is 0 Å². The Hall–Kier alpha value is -7.06. The molecule has 7 rings (SSSR count). The van der Waals surface area contributed by atoms with Crippen LogP contribution in [0.4, 0.5) is 38.5 Å². The molecule has 69 heavy (non-hydrogen) atoms. The summed E-state index contributed by atoms with van der Waals surface area (Å²) in [5.74, 6) is -1.26. The van der Waals surface area contributed by atoms with E-state index in [4.69, 9.17) is 13.9 Å². The van der Waals surface area contributed by atoms with E-state index in [1.165, 1.54) is 0 Å². The molecule has 0 atom stereocenters. The van der Waals surface area contributed by atoms with Crippen molar-refractivity contribution in [2.45, 2.75) is 39.8 Å². The summed E-state index contributed by atoms with van der Waals surface area (Å²) < 4.78 is 65.6. The summed E-state index contributed by atoms with van der Waals surface area (Å²) in [6.45, 7) is 12.2. The van der Waals surface area contributed by atoms with Crippen LogP contribution in [-0.2, 0) is 17.9 Å². The molecule has 4 aromatic carbocycles. The van der Waals surface area contributed by atoms with Crippen molar-refractivity contribution in [2.75, 3.05) is 96.0 Å². The number of carbonyl (C=O) groups excluding carboxylic acids is 4. The molecule has 5 aromatic rings. The summed E-state index contributed by atoms with van der Waals surface area (Å²) in [4.78, 5) is 61.9. The SMILES string of the molecule is CCN1CCN(C(=O)N(Cc2ccc(-c3nnc(C(F)F)o3)cc2)c2ccc(OC)cc2)CC1.CCN1CCN(C(=O)N(Cc2ccc(C(=O)CNC(=O)C(F)F)cc2)c2ccc(OC)cc2)CC1.